The van der Waals surface area contributed by atoms with E-state index in [-0.39, 0.29) is 12.5 Å². The summed E-state index contributed by atoms with van der Waals surface area (Å²) in [6.45, 7) is 0.455. The number of hydrogen-bond acceptors (Lipinski definition) is 6. The molecule has 1 amide bonds. The van der Waals surface area contributed by atoms with E-state index in [4.69, 9.17) is 0 Å². The Labute approximate surface area is 117 Å². The molecule has 9 heteroatoms. The van der Waals surface area contributed by atoms with Crippen LogP contribution in [0, 0.1) is 0 Å². The van der Waals surface area contributed by atoms with Gasteiger partial charge in [0.1, 0.15) is 6.54 Å². The van der Waals surface area contributed by atoms with Crippen molar-refractivity contribution in [3.63, 3.8) is 0 Å². The van der Waals surface area contributed by atoms with Crippen LogP contribution >= 0.6 is 11.3 Å². The first-order valence-corrected chi connectivity index (χ1v) is 6.80. The summed E-state index contributed by atoms with van der Waals surface area (Å²) < 4.78 is 0. The number of nitrogens with one attached hydrogen (secondary N) is 2. The monoisotopic (exact) mass is 289 g/mol. The lowest BCUT2D eigenvalue weighted by atomic mass is 10.3. The molecular formula is C11H11N7OS. The SMILES string of the molecule is O=C(Cn1nnc(-c2ccsc2)n1)NCc1cn[nH]c1. The van der Waals surface area contributed by atoms with E-state index in [1.54, 1.807) is 23.7 Å². The number of amides is 1. The number of aromatic nitrogens is 6. The molecule has 0 aliphatic heterocycles. The van der Waals surface area contributed by atoms with Gasteiger partial charge in [0.15, 0.2) is 0 Å². The lowest BCUT2D eigenvalue weighted by Gasteiger charge is -2.01. The molecule has 0 unspecified atom stereocenters. The molecule has 3 aromatic heterocycles. The van der Waals surface area contributed by atoms with E-state index in [1.807, 2.05) is 16.8 Å². The molecule has 20 heavy (non-hydrogen) atoms. The Morgan fingerprint density at radius 3 is 3.20 bits per heavy atom. The smallest absolute Gasteiger partial charge is 0.243 e. The van der Waals surface area contributed by atoms with Crippen molar-refractivity contribution in [2.45, 2.75) is 13.1 Å². The van der Waals surface area contributed by atoms with Crippen molar-refractivity contribution in [1.29, 1.82) is 0 Å². The molecular weight excluding hydrogens is 278 g/mol. The molecule has 0 aromatic carbocycles. The number of thiophene rings is 1. The highest BCUT2D eigenvalue weighted by molar-refractivity contribution is 7.08. The van der Waals surface area contributed by atoms with Crippen LogP contribution in [0.25, 0.3) is 11.4 Å². The molecule has 0 atom stereocenters. The molecule has 0 aliphatic rings. The summed E-state index contributed by atoms with van der Waals surface area (Å²) in [4.78, 5) is 13.0. The average Bonchev–Trinajstić information content (AvgIpc) is 3.18. The Kier molecular flexibility index (Phi) is 3.50. The second kappa shape index (κ2) is 5.61. The van der Waals surface area contributed by atoms with Gasteiger partial charge < -0.3 is 5.32 Å². The van der Waals surface area contributed by atoms with Crippen molar-refractivity contribution >= 4 is 17.2 Å². The Hall–Kier alpha value is -2.55. The number of rotatable bonds is 5. The van der Waals surface area contributed by atoms with Gasteiger partial charge in [0.05, 0.1) is 6.20 Å². The van der Waals surface area contributed by atoms with Crippen molar-refractivity contribution in [1.82, 2.24) is 35.7 Å². The largest absolute Gasteiger partial charge is 0.350 e. The molecule has 0 saturated heterocycles. The molecule has 8 nitrogen and oxygen atoms in total. The number of nitrogens with zero attached hydrogens (tertiary/aromatic N) is 5. The molecule has 3 rings (SSSR count). The van der Waals surface area contributed by atoms with Gasteiger partial charge in [-0.2, -0.15) is 21.2 Å². The normalized spacial score (nSPS) is 10.6. The van der Waals surface area contributed by atoms with Gasteiger partial charge in [-0.3, -0.25) is 9.89 Å². The van der Waals surface area contributed by atoms with Crippen LogP contribution in [0.1, 0.15) is 5.56 Å². The van der Waals surface area contributed by atoms with Crippen LogP contribution in [0.3, 0.4) is 0 Å². The third-order valence-electron chi connectivity index (χ3n) is 2.56. The first-order chi connectivity index (χ1) is 9.81. The highest BCUT2D eigenvalue weighted by atomic mass is 32.1. The molecule has 102 valence electrons. The van der Waals surface area contributed by atoms with Gasteiger partial charge in [-0.15, -0.1) is 10.2 Å². The lowest BCUT2D eigenvalue weighted by Crippen LogP contribution is -2.27. The fourth-order valence-electron chi connectivity index (χ4n) is 1.58. The Balaban J connectivity index is 1.56. The van der Waals surface area contributed by atoms with Crippen molar-refractivity contribution in [3.8, 4) is 11.4 Å². The van der Waals surface area contributed by atoms with Crippen LogP contribution in [-0.2, 0) is 17.9 Å². The van der Waals surface area contributed by atoms with Gasteiger partial charge >= 0.3 is 0 Å². The molecule has 0 fully saturated rings. The molecule has 0 saturated carbocycles. The quantitative estimate of drug-likeness (QED) is 0.709. The van der Waals surface area contributed by atoms with Crippen molar-refractivity contribution in [2.75, 3.05) is 0 Å². The summed E-state index contributed by atoms with van der Waals surface area (Å²) in [6.07, 6.45) is 3.38. The molecule has 0 bridgehead atoms. The fourth-order valence-corrected chi connectivity index (χ4v) is 2.21. The highest BCUT2D eigenvalue weighted by Crippen LogP contribution is 2.16. The fraction of sp³-hybridized carbons (Fsp3) is 0.182. The van der Waals surface area contributed by atoms with E-state index in [0.717, 1.165) is 11.1 Å². The summed E-state index contributed by atoms with van der Waals surface area (Å²) in [5.41, 5.74) is 1.81. The Bertz CT molecular complexity index is 674. The van der Waals surface area contributed by atoms with Crippen molar-refractivity contribution < 1.29 is 4.79 Å². The third-order valence-corrected chi connectivity index (χ3v) is 3.25. The number of H-pyrrole nitrogens is 1. The lowest BCUT2D eigenvalue weighted by molar-refractivity contribution is -0.122. The number of hydrogen-bond donors (Lipinski definition) is 2. The maximum absolute atomic E-state index is 11.7. The Morgan fingerprint density at radius 2 is 2.45 bits per heavy atom. The van der Waals surface area contributed by atoms with E-state index in [0.29, 0.717) is 12.4 Å². The number of carbonyl (C=O) groups is 1. The average molecular weight is 289 g/mol. The van der Waals surface area contributed by atoms with Crippen molar-refractivity contribution in [2.24, 2.45) is 0 Å². The minimum absolute atomic E-state index is 0.0367. The van der Waals surface area contributed by atoms with E-state index < -0.39 is 0 Å². The maximum atomic E-state index is 11.7. The summed E-state index contributed by atoms with van der Waals surface area (Å²) in [5, 5.41) is 25.0. The van der Waals surface area contributed by atoms with Gasteiger partial charge in [0.25, 0.3) is 0 Å². The van der Waals surface area contributed by atoms with E-state index in [1.165, 1.54) is 4.80 Å². The maximum Gasteiger partial charge on any atom is 0.243 e. The van der Waals surface area contributed by atoms with Gasteiger partial charge in [0.2, 0.25) is 11.7 Å². The topological polar surface area (TPSA) is 101 Å². The molecule has 0 aliphatic carbocycles. The van der Waals surface area contributed by atoms with Crippen LogP contribution in [-0.4, -0.2) is 36.3 Å². The standard InChI is InChI=1S/C11H11N7OS/c19-10(12-3-8-4-13-14-5-8)6-18-16-11(15-17-18)9-1-2-20-7-9/h1-2,4-5,7H,3,6H2,(H,12,19)(H,13,14). The van der Waals surface area contributed by atoms with Gasteiger partial charge in [-0.1, -0.05) is 0 Å². The van der Waals surface area contributed by atoms with E-state index in [9.17, 15) is 4.79 Å². The molecule has 3 aromatic rings. The Morgan fingerprint density at radius 1 is 1.50 bits per heavy atom. The number of aromatic amines is 1. The van der Waals surface area contributed by atoms with Gasteiger partial charge in [0, 0.05) is 29.2 Å². The zero-order valence-electron chi connectivity index (χ0n) is 10.4. The zero-order valence-corrected chi connectivity index (χ0v) is 11.2. The number of carbonyl (C=O) groups excluding carboxylic acids is 1. The van der Waals surface area contributed by atoms with Crippen LogP contribution in [0.5, 0.6) is 0 Å². The number of tetrazole rings is 1. The summed E-state index contributed by atoms with van der Waals surface area (Å²) >= 11 is 1.56. The van der Waals surface area contributed by atoms with Crippen molar-refractivity contribution in [3.05, 3.63) is 34.8 Å². The molecule has 0 radical (unpaired) electrons. The summed E-state index contributed by atoms with van der Waals surface area (Å²) in [7, 11) is 0. The zero-order chi connectivity index (χ0) is 13.8. The van der Waals surface area contributed by atoms with Crippen LogP contribution in [0.4, 0.5) is 0 Å². The minimum Gasteiger partial charge on any atom is -0.350 e. The molecule has 3 heterocycles. The first-order valence-electron chi connectivity index (χ1n) is 5.86. The summed E-state index contributed by atoms with van der Waals surface area (Å²) in [6, 6.07) is 1.91. The highest BCUT2D eigenvalue weighted by Gasteiger charge is 2.09. The van der Waals surface area contributed by atoms with Crippen LogP contribution in [0.2, 0.25) is 0 Å². The van der Waals surface area contributed by atoms with Crippen LogP contribution < -0.4 is 5.32 Å². The third kappa shape index (κ3) is 2.88. The first kappa shape index (κ1) is 12.5. The van der Waals surface area contributed by atoms with Gasteiger partial charge in [-0.25, -0.2) is 0 Å². The predicted octanol–water partition coefficient (Wildman–Crippen LogP) is 0.441. The second-order valence-electron chi connectivity index (χ2n) is 4.04. The molecule has 2 N–H and O–H groups in total. The molecule has 0 spiro atoms. The second-order valence-corrected chi connectivity index (χ2v) is 4.82. The minimum atomic E-state index is -0.180. The van der Waals surface area contributed by atoms with E-state index in [2.05, 4.69) is 30.9 Å². The van der Waals surface area contributed by atoms with E-state index >= 15 is 0 Å². The van der Waals surface area contributed by atoms with Gasteiger partial charge in [-0.05, 0) is 16.7 Å². The summed E-state index contributed by atoms with van der Waals surface area (Å²) in [5.74, 6) is 0.342. The van der Waals surface area contributed by atoms with Crippen LogP contribution in [0.15, 0.2) is 29.2 Å². The predicted molar refractivity (Wildman–Crippen MR) is 71.6 cm³/mol.